The fraction of sp³-hybridized carbons (Fsp3) is 0.400. The number of amides is 1. The normalized spacial score (nSPS) is 18.1. The highest BCUT2D eigenvalue weighted by Gasteiger charge is 2.23. The van der Waals surface area contributed by atoms with Crippen molar-refractivity contribution in [1.82, 2.24) is 9.88 Å². The maximum absolute atomic E-state index is 12.8. The van der Waals surface area contributed by atoms with E-state index < -0.39 is 0 Å². The fourth-order valence-corrected chi connectivity index (χ4v) is 3.50. The molecule has 0 aliphatic carbocycles. The van der Waals surface area contributed by atoms with Gasteiger partial charge in [0.2, 0.25) is 0 Å². The number of carbonyl (C=O) groups excluding carboxylic acids is 1. The Balaban J connectivity index is 1.36. The molecule has 1 aromatic carbocycles. The van der Waals surface area contributed by atoms with Gasteiger partial charge < -0.3 is 19.4 Å². The highest BCUT2D eigenvalue weighted by Crippen LogP contribution is 2.19. The van der Waals surface area contributed by atoms with Crippen LogP contribution in [0.1, 0.15) is 10.4 Å². The Kier molecular flexibility index (Phi) is 5.02. The molecule has 1 aromatic heterocycles. The van der Waals surface area contributed by atoms with Crippen LogP contribution in [0.5, 0.6) is 0 Å². The molecule has 1 amide bonds. The van der Waals surface area contributed by atoms with Crippen molar-refractivity contribution in [2.45, 2.75) is 0 Å². The molecule has 0 atom stereocenters. The molecular weight excluding hydrogens is 328 g/mol. The number of hydrogen-bond donors (Lipinski definition) is 0. The molecule has 0 radical (unpaired) electrons. The monoisotopic (exact) mass is 352 g/mol. The number of pyridine rings is 1. The van der Waals surface area contributed by atoms with Gasteiger partial charge in [-0.1, -0.05) is 6.07 Å². The number of hydrogen-bond acceptors (Lipinski definition) is 5. The van der Waals surface area contributed by atoms with Crippen LogP contribution in [0.3, 0.4) is 0 Å². The Morgan fingerprint density at radius 3 is 2.23 bits per heavy atom. The highest BCUT2D eigenvalue weighted by molar-refractivity contribution is 5.94. The van der Waals surface area contributed by atoms with Crippen LogP contribution >= 0.6 is 0 Å². The molecule has 136 valence electrons. The number of ether oxygens (including phenoxy) is 1. The summed E-state index contributed by atoms with van der Waals surface area (Å²) in [6.45, 7) is 6.42. The van der Waals surface area contributed by atoms with Gasteiger partial charge in [-0.25, -0.2) is 4.98 Å². The molecule has 0 saturated carbocycles. The number of benzene rings is 1. The van der Waals surface area contributed by atoms with Gasteiger partial charge in [0.1, 0.15) is 5.82 Å². The van der Waals surface area contributed by atoms with E-state index in [-0.39, 0.29) is 5.91 Å². The molecule has 0 N–H and O–H groups in total. The summed E-state index contributed by atoms with van der Waals surface area (Å²) in [6.07, 6.45) is 1.81. The van der Waals surface area contributed by atoms with Crippen LogP contribution in [-0.2, 0) is 4.74 Å². The Labute approximate surface area is 154 Å². The first-order valence-corrected chi connectivity index (χ1v) is 9.19. The first kappa shape index (κ1) is 16.8. The second-order valence-corrected chi connectivity index (χ2v) is 6.61. The number of nitrogens with zero attached hydrogens (tertiary/aromatic N) is 4. The Morgan fingerprint density at radius 2 is 1.58 bits per heavy atom. The first-order valence-electron chi connectivity index (χ1n) is 9.19. The molecule has 4 rings (SSSR count). The molecule has 3 heterocycles. The predicted octanol–water partition coefficient (Wildman–Crippen LogP) is 1.88. The summed E-state index contributed by atoms with van der Waals surface area (Å²) < 4.78 is 5.39. The lowest BCUT2D eigenvalue weighted by Crippen LogP contribution is -2.49. The summed E-state index contributed by atoms with van der Waals surface area (Å²) in [5.41, 5.74) is 1.91. The van der Waals surface area contributed by atoms with Crippen molar-refractivity contribution < 1.29 is 9.53 Å². The van der Waals surface area contributed by atoms with Gasteiger partial charge in [0, 0.05) is 56.7 Å². The van der Waals surface area contributed by atoms with Crippen molar-refractivity contribution in [3.63, 3.8) is 0 Å². The van der Waals surface area contributed by atoms with Crippen molar-refractivity contribution in [2.24, 2.45) is 0 Å². The van der Waals surface area contributed by atoms with Crippen molar-refractivity contribution in [3.8, 4) is 0 Å². The van der Waals surface area contributed by atoms with E-state index in [0.717, 1.165) is 69.6 Å². The van der Waals surface area contributed by atoms with Crippen molar-refractivity contribution in [2.75, 3.05) is 62.3 Å². The molecule has 2 aliphatic rings. The van der Waals surface area contributed by atoms with E-state index in [2.05, 4.69) is 14.8 Å². The largest absolute Gasteiger partial charge is 0.378 e. The predicted molar refractivity (Wildman–Crippen MR) is 102 cm³/mol. The lowest BCUT2D eigenvalue weighted by molar-refractivity contribution is 0.0746. The molecular formula is C20H24N4O2. The number of anilines is 2. The highest BCUT2D eigenvalue weighted by atomic mass is 16.5. The lowest BCUT2D eigenvalue weighted by atomic mass is 10.1. The molecule has 0 spiro atoms. The van der Waals surface area contributed by atoms with Crippen LogP contribution in [0.2, 0.25) is 0 Å². The zero-order valence-corrected chi connectivity index (χ0v) is 14.9. The van der Waals surface area contributed by atoms with Crippen molar-refractivity contribution >= 4 is 17.4 Å². The third kappa shape index (κ3) is 3.65. The molecule has 2 saturated heterocycles. The van der Waals surface area contributed by atoms with Crippen LogP contribution in [0.25, 0.3) is 0 Å². The fourth-order valence-electron chi connectivity index (χ4n) is 3.50. The van der Waals surface area contributed by atoms with Gasteiger partial charge in [0.05, 0.1) is 13.2 Å². The van der Waals surface area contributed by atoms with Crippen LogP contribution in [-0.4, -0.2) is 68.3 Å². The maximum atomic E-state index is 12.8. The van der Waals surface area contributed by atoms with Gasteiger partial charge >= 0.3 is 0 Å². The summed E-state index contributed by atoms with van der Waals surface area (Å²) in [5.74, 6) is 1.09. The van der Waals surface area contributed by atoms with E-state index in [4.69, 9.17) is 4.74 Å². The Morgan fingerprint density at radius 1 is 0.846 bits per heavy atom. The van der Waals surface area contributed by atoms with Crippen LogP contribution in [0.4, 0.5) is 11.5 Å². The number of rotatable bonds is 3. The number of piperazine rings is 1. The second kappa shape index (κ2) is 7.74. The van der Waals surface area contributed by atoms with E-state index in [9.17, 15) is 4.79 Å². The standard InChI is InChI=1S/C20H24N4O2/c25-20(17-4-6-18(7-5-17)22-13-15-26-16-14-22)24-11-9-23(10-12-24)19-3-1-2-8-21-19/h1-8H,9-16H2. The van der Waals surface area contributed by atoms with E-state index in [1.807, 2.05) is 53.6 Å². The molecule has 2 aromatic rings. The maximum Gasteiger partial charge on any atom is 0.253 e. The molecule has 2 fully saturated rings. The van der Waals surface area contributed by atoms with E-state index >= 15 is 0 Å². The molecule has 6 heteroatoms. The summed E-state index contributed by atoms with van der Waals surface area (Å²) in [4.78, 5) is 23.6. The summed E-state index contributed by atoms with van der Waals surface area (Å²) in [7, 11) is 0. The van der Waals surface area contributed by atoms with Gasteiger partial charge in [-0.05, 0) is 36.4 Å². The summed E-state index contributed by atoms with van der Waals surface area (Å²) in [5, 5.41) is 0. The smallest absolute Gasteiger partial charge is 0.253 e. The third-order valence-corrected chi connectivity index (χ3v) is 5.03. The summed E-state index contributed by atoms with van der Waals surface area (Å²) >= 11 is 0. The minimum atomic E-state index is 0.110. The van der Waals surface area contributed by atoms with Crippen molar-refractivity contribution in [1.29, 1.82) is 0 Å². The van der Waals surface area contributed by atoms with Gasteiger partial charge in [0.15, 0.2) is 0 Å². The quantitative estimate of drug-likeness (QED) is 0.844. The molecule has 2 aliphatic heterocycles. The van der Waals surface area contributed by atoms with E-state index in [0.29, 0.717) is 0 Å². The number of morpholine rings is 1. The Bertz CT molecular complexity index is 721. The zero-order valence-electron chi connectivity index (χ0n) is 14.9. The van der Waals surface area contributed by atoms with Crippen LogP contribution < -0.4 is 9.80 Å². The third-order valence-electron chi connectivity index (χ3n) is 5.03. The summed E-state index contributed by atoms with van der Waals surface area (Å²) in [6, 6.07) is 13.9. The van der Waals surface area contributed by atoms with Gasteiger partial charge in [-0.2, -0.15) is 0 Å². The first-order chi connectivity index (χ1) is 12.8. The lowest BCUT2D eigenvalue weighted by Gasteiger charge is -2.35. The zero-order chi connectivity index (χ0) is 17.8. The van der Waals surface area contributed by atoms with E-state index in [1.54, 1.807) is 0 Å². The van der Waals surface area contributed by atoms with Crippen LogP contribution in [0, 0.1) is 0 Å². The van der Waals surface area contributed by atoms with Crippen molar-refractivity contribution in [3.05, 3.63) is 54.2 Å². The Hall–Kier alpha value is -2.60. The minimum absolute atomic E-state index is 0.110. The molecule has 0 bridgehead atoms. The molecule has 6 nitrogen and oxygen atoms in total. The average molecular weight is 352 g/mol. The molecule has 0 unspecified atom stereocenters. The minimum Gasteiger partial charge on any atom is -0.378 e. The molecule has 26 heavy (non-hydrogen) atoms. The van der Waals surface area contributed by atoms with Crippen LogP contribution in [0.15, 0.2) is 48.7 Å². The second-order valence-electron chi connectivity index (χ2n) is 6.61. The van der Waals surface area contributed by atoms with E-state index in [1.165, 1.54) is 0 Å². The van der Waals surface area contributed by atoms with Gasteiger partial charge in [-0.15, -0.1) is 0 Å². The van der Waals surface area contributed by atoms with Gasteiger partial charge in [-0.3, -0.25) is 4.79 Å². The average Bonchev–Trinajstić information content (AvgIpc) is 2.75. The topological polar surface area (TPSA) is 48.9 Å². The number of carbonyl (C=O) groups is 1. The number of aromatic nitrogens is 1. The van der Waals surface area contributed by atoms with Gasteiger partial charge in [0.25, 0.3) is 5.91 Å². The SMILES string of the molecule is O=C(c1ccc(N2CCOCC2)cc1)N1CCN(c2ccccn2)CC1.